The summed E-state index contributed by atoms with van der Waals surface area (Å²) in [6.07, 6.45) is 0. The van der Waals surface area contributed by atoms with Crippen LogP contribution in [0.15, 0.2) is 30.3 Å². The quantitative estimate of drug-likeness (QED) is 0.629. The minimum atomic E-state index is -0.0938. The Balaban J connectivity index is 2.04. The monoisotopic (exact) mass is 191 g/mol. The molecule has 3 nitrogen and oxygen atoms in total. The molecule has 1 aliphatic rings. The van der Waals surface area contributed by atoms with Crippen molar-refractivity contribution in [1.82, 2.24) is 0 Å². The fraction of sp³-hybridized carbons (Fsp3) is 0.400. The lowest BCUT2D eigenvalue weighted by molar-refractivity contribution is 0.243. The number of hydrogen-bond donors (Lipinski definition) is 0. The summed E-state index contributed by atoms with van der Waals surface area (Å²) in [6.45, 7) is 4.13. The van der Waals surface area contributed by atoms with Crippen molar-refractivity contribution in [2.75, 3.05) is 24.8 Å². The van der Waals surface area contributed by atoms with Gasteiger partial charge in [-0.05, 0) is 19.0 Å². The third-order valence-electron chi connectivity index (χ3n) is 2.30. The minimum absolute atomic E-state index is 0.0938. The zero-order valence-electron chi connectivity index (χ0n) is 8.35. The Bertz CT molecular complexity index is 281. The molecule has 0 bridgehead atoms. The molecule has 1 aromatic rings. The summed E-state index contributed by atoms with van der Waals surface area (Å²) in [7, 11) is -0.0938. The summed E-state index contributed by atoms with van der Waals surface area (Å²) in [4.78, 5) is 2.17. The first kappa shape index (κ1) is 9.56. The van der Waals surface area contributed by atoms with E-state index in [0.29, 0.717) is 6.73 Å². The van der Waals surface area contributed by atoms with Crippen LogP contribution < -0.4 is 4.90 Å². The standard InChI is InChI=1S/C10H14BNO2/c1-11-13-8-7-12(9-14-11)10-5-3-2-4-6-10/h2-6H,7-9H2,1H3. The smallest absolute Gasteiger partial charge is 0.409 e. The summed E-state index contributed by atoms with van der Waals surface area (Å²) in [5, 5.41) is 0. The Labute approximate surface area is 84.8 Å². The zero-order chi connectivity index (χ0) is 9.80. The minimum Gasteiger partial charge on any atom is -0.409 e. The van der Waals surface area contributed by atoms with E-state index in [9.17, 15) is 0 Å². The highest BCUT2D eigenvalue weighted by Gasteiger charge is 2.17. The predicted octanol–water partition coefficient (Wildman–Crippen LogP) is 1.62. The largest absolute Gasteiger partial charge is 0.454 e. The number of benzene rings is 1. The average Bonchev–Trinajstić information content (AvgIpc) is 2.44. The number of nitrogens with zero attached hydrogens (tertiary/aromatic N) is 1. The molecule has 1 aromatic carbocycles. The first-order chi connectivity index (χ1) is 6.86. The Morgan fingerprint density at radius 1 is 1.21 bits per heavy atom. The van der Waals surface area contributed by atoms with Gasteiger partial charge in [-0.2, -0.15) is 0 Å². The average molecular weight is 191 g/mol. The maximum atomic E-state index is 5.47. The Hall–Kier alpha value is -0.995. The first-order valence-corrected chi connectivity index (χ1v) is 4.89. The van der Waals surface area contributed by atoms with E-state index >= 15 is 0 Å². The highest BCUT2D eigenvalue weighted by Crippen LogP contribution is 2.14. The SMILES string of the molecule is CB1OCCN(c2ccccc2)CO1. The van der Waals surface area contributed by atoms with Crippen molar-refractivity contribution >= 4 is 12.8 Å². The lowest BCUT2D eigenvalue weighted by Crippen LogP contribution is -2.27. The Morgan fingerprint density at radius 2 is 2.00 bits per heavy atom. The summed E-state index contributed by atoms with van der Waals surface area (Å²) in [5.74, 6) is 0. The molecular formula is C10H14BNO2. The van der Waals surface area contributed by atoms with Crippen molar-refractivity contribution in [3.05, 3.63) is 30.3 Å². The van der Waals surface area contributed by atoms with E-state index in [1.165, 1.54) is 5.69 Å². The second-order valence-electron chi connectivity index (χ2n) is 3.33. The van der Waals surface area contributed by atoms with Gasteiger partial charge in [-0.3, -0.25) is 0 Å². The molecule has 0 atom stereocenters. The van der Waals surface area contributed by atoms with Gasteiger partial charge in [-0.1, -0.05) is 18.2 Å². The van der Waals surface area contributed by atoms with Crippen LogP contribution in [0.1, 0.15) is 0 Å². The normalized spacial score (nSPS) is 18.1. The molecule has 0 amide bonds. The molecule has 0 radical (unpaired) electrons. The van der Waals surface area contributed by atoms with E-state index in [1.54, 1.807) is 0 Å². The fourth-order valence-electron chi connectivity index (χ4n) is 1.48. The van der Waals surface area contributed by atoms with Gasteiger partial charge in [0.25, 0.3) is 0 Å². The van der Waals surface area contributed by atoms with Crippen molar-refractivity contribution in [3.8, 4) is 0 Å². The molecule has 1 heterocycles. The Kier molecular flexibility index (Phi) is 3.06. The van der Waals surface area contributed by atoms with Gasteiger partial charge < -0.3 is 14.2 Å². The van der Waals surface area contributed by atoms with E-state index in [2.05, 4.69) is 17.0 Å². The van der Waals surface area contributed by atoms with Crippen LogP contribution in [0.5, 0.6) is 0 Å². The molecular weight excluding hydrogens is 177 g/mol. The van der Waals surface area contributed by atoms with Gasteiger partial charge in [0.2, 0.25) is 0 Å². The molecule has 0 aromatic heterocycles. The highest BCUT2D eigenvalue weighted by molar-refractivity contribution is 6.42. The van der Waals surface area contributed by atoms with Gasteiger partial charge >= 0.3 is 7.12 Å². The molecule has 14 heavy (non-hydrogen) atoms. The Morgan fingerprint density at radius 3 is 2.79 bits per heavy atom. The molecule has 74 valence electrons. The topological polar surface area (TPSA) is 21.7 Å². The third-order valence-corrected chi connectivity index (χ3v) is 2.30. The molecule has 1 saturated heterocycles. The van der Waals surface area contributed by atoms with Gasteiger partial charge in [0.05, 0.1) is 0 Å². The van der Waals surface area contributed by atoms with E-state index in [0.717, 1.165) is 13.2 Å². The molecule has 4 heteroatoms. The van der Waals surface area contributed by atoms with E-state index in [1.807, 2.05) is 25.0 Å². The van der Waals surface area contributed by atoms with Crippen LogP contribution in [0.4, 0.5) is 5.69 Å². The van der Waals surface area contributed by atoms with Crippen molar-refractivity contribution in [2.45, 2.75) is 6.82 Å². The van der Waals surface area contributed by atoms with E-state index in [4.69, 9.17) is 9.31 Å². The maximum absolute atomic E-state index is 5.47. The summed E-state index contributed by atoms with van der Waals surface area (Å²) in [5.41, 5.74) is 1.19. The lowest BCUT2D eigenvalue weighted by Gasteiger charge is -2.21. The van der Waals surface area contributed by atoms with Crippen LogP contribution in [0.2, 0.25) is 6.82 Å². The van der Waals surface area contributed by atoms with E-state index < -0.39 is 0 Å². The number of rotatable bonds is 1. The molecule has 0 saturated carbocycles. The molecule has 1 aliphatic heterocycles. The van der Waals surface area contributed by atoms with Crippen LogP contribution in [0.25, 0.3) is 0 Å². The second kappa shape index (κ2) is 4.48. The van der Waals surface area contributed by atoms with Crippen molar-refractivity contribution in [2.24, 2.45) is 0 Å². The number of anilines is 1. The van der Waals surface area contributed by atoms with Gasteiger partial charge in [0.15, 0.2) is 0 Å². The molecule has 0 aliphatic carbocycles. The van der Waals surface area contributed by atoms with Crippen LogP contribution in [-0.4, -0.2) is 27.0 Å². The molecule has 0 spiro atoms. The summed E-state index contributed by atoms with van der Waals surface area (Å²) >= 11 is 0. The number of para-hydroxylation sites is 1. The maximum Gasteiger partial charge on any atom is 0.454 e. The van der Waals surface area contributed by atoms with Crippen LogP contribution in [-0.2, 0) is 9.31 Å². The molecule has 1 fully saturated rings. The number of hydrogen-bond acceptors (Lipinski definition) is 3. The first-order valence-electron chi connectivity index (χ1n) is 4.89. The van der Waals surface area contributed by atoms with Crippen molar-refractivity contribution < 1.29 is 9.31 Å². The molecule has 2 rings (SSSR count). The lowest BCUT2D eigenvalue weighted by atomic mass is 9.96. The summed E-state index contributed by atoms with van der Waals surface area (Å²) < 4.78 is 10.9. The summed E-state index contributed by atoms with van der Waals surface area (Å²) in [6, 6.07) is 10.2. The van der Waals surface area contributed by atoms with Gasteiger partial charge in [-0.25, -0.2) is 0 Å². The van der Waals surface area contributed by atoms with Gasteiger partial charge in [0.1, 0.15) is 6.73 Å². The van der Waals surface area contributed by atoms with Crippen LogP contribution >= 0.6 is 0 Å². The molecule has 0 unspecified atom stereocenters. The third kappa shape index (κ3) is 2.27. The predicted molar refractivity (Wildman–Crippen MR) is 57.3 cm³/mol. The van der Waals surface area contributed by atoms with E-state index in [-0.39, 0.29) is 7.12 Å². The zero-order valence-corrected chi connectivity index (χ0v) is 8.35. The highest BCUT2D eigenvalue weighted by atomic mass is 16.6. The van der Waals surface area contributed by atoms with Gasteiger partial charge in [0, 0.05) is 18.8 Å². The van der Waals surface area contributed by atoms with Gasteiger partial charge in [-0.15, -0.1) is 0 Å². The molecule has 0 N–H and O–H groups in total. The van der Waals surface area contributed by atoms with Crippen LogP contribution in [0.3, 0.4) is 0 Å². The van der Waals surface area contributed by atoms with Crippen molar-refractivity contribution in [1.29, 1.82) is 0 Å². The fourth-order valence-corrected chi connectivity index (χ4v) is 1.48. The second-order valence-corrected chi connectivity index (χ2v) is 3.33. The van der Waals surface area contributed by atoms with Crippen LogP contribution in [0, 0.1) is 0 Å². The van der Waals surface area contributed by atoms with Crippen molar-refractivity contribution in [3.63, 3.8) is 0 Å².